The number of hydrogen-bond donors (Lipinski definition) is 1. The Morgan fingerprint density at radius 2 is 1.45 bits per heavy atom. The molecule has 0 spiro atoms. The Balaban J connectivity index is 1.90. The minimum atomic E-state index is -3.42. The maximum absolute atomic E-state index is 12.5. The average molecular weight is 334 g/mol. The molecule has 0 radical (unpaired) electrons. The fourth-order valence-corrected chi connectivity index (χ4v) is 4.06. The minimum absolute atomic E-state index is 0.311. The van der Waals surface area contributed by atoms with Crippen LogP contribution in [0.1, 0.15) is 20.8 Å². The van der Waals surface area contributed by atoms with Crippen LogP contribution in [-0.2, 0) is 14.9 Å². The summed E-state index contributed by atoms with van der Waals surface area (Å²) in [5.41, 5.74) is -0.541. The van der Waals surface area contributed by atoms with Gasteiger partial charge in [0.25, 0.3) is 10.2 Å². The number of amides is 1. The molecule has 2 aliphatic heterocycles. The second kappa shape index (κ2) is 6.69. The lowest BCUT2D eigenvalue weighted by molar-refractivity contribution is 0.0189. The van der Waals surface area contributed by atoms with Crippen molar-refractivity contribution in [3.63, 3.8) is 0 Å². The van der Waals surface area contributed by atoms with Gasteiger partial charge < -0.3 is 15.0 Å². The molecule has 0 unspecified atom stereocenters. The Morgan fingerprint density at radius 3 is 1.95 bits per heavy atom. The van der Waals surface area contributed by atoms with E-state index in [9.17, 15) is 13.2 Å². The van der Waals surface area contributed by atoms with Crippen LogP contribution in [0.5, 0.6) is 0 Å². The maximum atomic E-state index is 12.5. The highest BCUT2D eigenvalue weighted by Gasteiger charge is 2.34. The van der Waals surface area contributed by atoms with Crippen molar-refractivity contribution in [3.8, 4) is 0 Å². The third-order valence-electron chi connectivity index (χ3n) is 3.62. The summed E-state index contributed by atoms with van der Waals surface area (Å²) in [5.74, 6) is 0. The highest BCUT2D eigenvalue weighted by atomic mass is 32.2. The van der Waals surface area contributed by atoms with E-state index in [0.717, 1.165) is 0 Å². The molecule has 2 saturated heterocycles. The van der Waals surface area contributed by atoms with Gasteiger partial charge in [-0.25, -0.2) is 4.79 Å². The lowest BCUT2D eigenvalue weighted by atomic mass is 10.2. The summed E-state index contributed by atoms with van der Waals surface area (Å²) in [6.45, 7) is 9.14. The highest BCUT2D eigenvalue weighted by molar-refractivity contribution is 7.86. The van der Waals surface area contributed by atoms with Gasteiger partial charge in [-0.15, -0.1) is 0 Å². The summed E-state index contributed by atoms with van der Waals surface area (Å²) in [6.07, 6.45) is -0.383. The molecule has 0 atom stereocenters. The van der Waals surface area contributed by atoms with Crippen LogP contribution in [-0.4, -0.2) is 86.0 Å². The molecule has 1 N–H and O–H groups in total. The monoisotopic (exact) mass is 334 g/mol. The SMILES string of the molecule is CC(C)(C)OC(=O)N1CCN(S(=O)(=O)N2CCNCC2)CC1. The van der Waals surface area contributed by atoms with Gasteiger partial charge in [0.15, 0.2) is 0 Å². The molecule has 0 saturated carbocycles. The minimum Gasteiger partial charge on any atom is -0.444 e. The molecule has 128 valence electrons. The lowest BCUT2D eigenvalue weighted by Crippen LogP contribution is -2.57. The van der Waals surface area contributed by atoms with Crippen molar-refractivity contribution >= 4 is 16.3 Å². The fraction of sp³-hybridized carbons (Fsp3) is 0.923. The second-order valence-corrected chi connectivity index (χ2v) is 8.45. The first-order chi connectivity index (χ1) is 10.2. The molecule has 0 aromatic carbocycles. The standard InChI is InChI=1S/C13H26N4O4S/c1-13(2,3)21-12(18)15-8-10-17(11-9-15)22(19,20)16-6-4-14-5-7-16/h14H,4-11H2,1-3H3. The van der Waals surface area contributed by atoms with E-state index in [-0.39, 0.29) is 6.09 Å². The van der Waals surface area contributed by atoms with Crippen molar-refractivity contribution < 1.29 is 17.9 Å². The fourth-order valence-electron chi connectivity index (χ4n) is 2.47. The van der Waals surface area contributed by atoms with E-state index in [1.54, 1.807) is 4.90 Å². The first-order valence-electron chi connectivity index (χ1n) is 7.64. The maximum Gasteiger partial charge on any atom is 0.410 e. The summed E-state index contributed by atoms with van der Waals surface area (Å²) >= 11 is 0. The second-order valence-electron chi connectivity index (χ2n) is 6.52. The zero-order valence-corrected chi connectivity index (χ0v) is 14.4. The Hall–Kier alpha value is -0.900. The van der Waals surface area contributed by atoms with Crippen LogP contribution in [0.4, 0.5) is 4.79 Å². The van der Waals surface area contributed by atoms with E-state index in [0.29, 0.717) is 52.4 Å². The van der Waals surface area contributed by atoms with E-state index in [2.05, 4.69) is 5.32 Å². The van der Waals surface area contributed by atoms with Gasteiger partial charge in [0.1, 0.15) is 5.60 Å². The Bertz CT molecular complexity index is 489. The molecule has 1 amide bonds. The number of rotatable bonds is 2. The molecule has 0 bridgehead atoms. The number of hydrogen-bond acceptors (Lipinski definition) is 5. The third-order valence-corrected chi connectivity index (χ3v) is 5.65. The summed E-state index contributed by atoms with van der Waals surface area (Å²) in [7, 11) is -3.42. The predicted molar refractivity (Wildman–Crippen MR) is 82.7 cm³/mol. The number of nitrogens with one attached hydrogen (secondary N) is 1. The Morgan fingerprint density at radius 1 is 0.955 bits per heavy atom. The van der Waals surface area contributed by atoms with Crippen LogP contribution in [0, 0.1) is 0 Å². The molecule has 2 rings (SSSR count). The summed E-state index contributed by atoms with van der Waals surface area (Å²) in [4.78, 5) is 13.6. The molecule has 22 heavy (non-hydrogen) atoms. The normalized spacial score (nSPS) is 22.6. The lowest BCUT2D eigenvalue weighted by Gasteiger charge is -2.38. The highest BCUT2D eigenvalue weighted by Crippen LogP contribution is 2.15. The van der Waals surface area contributed by atoms with Crippen molar-refractivity contribution in [2.24, 2.45) is 0 Å². The van der Waals surface area contributed by atoms with Gasteiger partial charge in [0, 0.05) is 52.4 Å². The molecule has 2 fully saturated rings. The van der Waals surface area contributed by atoms with Gasteiger partial charge in [-0.2, -0.15) is 17.0 Å². The van der Waals surface area contributed by atoms with Gasteiger partial charge in [-0.05, 0) is 20.8 Å². The number of carbonyl (C=O) groups is 1. The van der Waals surface area contributed by atoms with Crippen molar-refractivity contribution in [3.05, 3.63) is 0 Å². The summed E-state index contributed by atoms with van der Waals surface area (Å²) < 4.78 is 33.3. The van der Waals surface area contributed by atoms with E-state index in [4.69, 9.17) is 4.74 Å². The van der Waals surface area contributed by atoms with Crippen molar-refractivity contribution in [1.82, 2.24) is 18.8 Å². The Kier molecular flexibility index (Phi) is 5.31. The molecule has 2 aliphatic rings. The van der Waals surface area contributed by atoms with Crippen LogP contribution >= 0.6 is 0 Å². The molecule has 0 aromatic rings. The van der Waals surface area contributed by atoms with E-state index in [1.165, 1.54) is 8.61 Å². The molecule has 9 heteroatoms. The number of carbonyl (C=O) groups excluding carboxylic acids is 1. The van der Waals surface area contributed by atoms with E-state index >= 15 is 0 Å². The van der Waals surface area contributed by atoms with Gasteiger partial charge in [0.05, 0.1) is 0 Å². The molecular weight excluding hydrogens is 308 g/mol. The van der Waals surface area contributed by atoms with Crippen molar-refractivity contribution in [2.45, 2.75) is 26.4 Å². The van der Waals surface area contributed by atoms with E-state index in [1.807, 2.05) is 20.8 Å². The first kappa shape index (κ1) is 17.5. The smallest absolute Gasteiger partial charge is 0.410 e. The average Bonchev–Trinajstić information content (AvgIpc) is 2.46. The topological polar surface area (TPSA) is 82.2 Å². The van der Waals surface area contributed by atoms with Crippen LogP contribution in [0.15, 0.2) is 0 Å². The predicted octanol–water partition coefficient (Wildman–Crippen LogP) is -0.311. The van der Waals surface area contributed by atoms with Crippen molar-refractivity contribution in [1.29, 1.82) is 0 Å². The number of piperazine rings is 2. The van der Waals surface area contributed by atoms with Crippen LogP contribution in [0.3, 0.4) is 0 Å². The zero-order chi connectivity index (χ0) is 16.4. The molecule has 8 nitrogen and oxygen atoms in total. The third kappa shape index (κ3) is 4.31. The summed E-state index contributed by atoms with van der Waals surface area (Å²) in [5, 5.41) is 3.14. The van der Waals surface area contributed by atoms with Gasteiger partial charge >= 0.3 is 6.09 Å². The quantitative estimate of drug-likeness (QED) is 0.749. The molecule has 0 aromatic heterocycles. The molecular formula is C13H26N4O4S. The number of nitrogens with zero attached hydrogens (tertiary/aromatic N) is 3. The zero-order valence-electron chi connectivity index (χ0n) is 13.5. The van der Waals surface area contributed by atoms with Crippen LogP contribution in [0.25, 0.3) is 0 Å². The van der Waals surface area contributed by atoms with E-state index < -0.39 is 15.8 Å². The molecule has 0 aliphatic carbocycles. The van der Waals surface area contributed by atoms with Crippen LogP contribution < -0.4 is 5.32 Å². The van der Waals surface area contributed by atoms with Crippen molar-refractivity contribution in [2.75, 3.05) is 52.4 Å². The summed E-state index contributed by atoms with van der Waals surface area (Å²) in [6, 6.07) is 0. The number of ether oxygens (including phenoxy) is 1. The van der Waals surface area contributed by atoms with Gasteiger partial charge in [-0.3, -0.25) is 0 Å². The van der Waals surface area contributed by atoms with Gasteiger partial charge in [-0.1, -0.05) is 0 Å². The largest absolute Gasteiger partial charge is 0.444 e. The van der Waals surface area contributed by atoms with Gasteiger partial charge in [0.2, 0.25) is 0 Å². The molecule has 2 heterocycles. The van der Waals surface area contributed by atoms with Crippen LogP contribution in [0.2, 0.25) is 0 Å². The first-order valence-corrected chi connectivity index (χ1v) is 9.04. The Labute approximate surface area is 132 Å².